The van der Waals surface area contributed by atoms with Crippen LogP contribution in [0.1, 0.15) is 29.8 Å². The molecule has 1 heterocycles. The van der Waals surface area contributed by atoms with Crippen LogP contribution in [0.4, 0.5) is 13.2 Å². The third-order valence-electron chi connectivity index (χ3n) is 2.90. The van der Waals surface area contributed by atoms with Gasteiger partial charge in [0.05, 0.1) is 0 Å². The van der Waals surface area contributed by atoms with E-state index in [1.165, 1.54) is 6.20 Å². The number of halogens is 3. The van der Waals surface area contributed by atoms with E-state index in [1.807, 2.05) is 0 Å². The summed E-state index contributed by atoms with van der Waals surface area (Å²) in [4.78, 5) is 0. The van der Waals surface area contributed by atoms with Gasteiger partial charge in [0, 0.05) is 24.9 Å². The van der Waals surface area contributed by atoms with E-state index in [4.69, 9.17) is 5.73 Å². The number of hydrogen-bond donors (Lipinski definition) is 1. The van der Waals surface area contributed by atoms with Gasteiger partial charge in [-0.05, 0) is 24.0 Å². The standard InChI is InChI=1S/C10H13F3N2/c11-7-1-2-8-6(4-14)5-15(10(12)13)9(8)3-7/h5,7,10H,1-4,14H2/t7-/m1/s1. The largest absolute Gasteiger partial charge is 0.326 e. The Morgan fingerprint density at radius 3 is 2.87 bits per heavy atom. The van der Waals surface area contributed by atoms with Crippen LogP contribution in [0, 0.1) is 0 Å². The maximum Gasteiger partial charge on any atom is 0.318 e. The molecule has 0 aromatic carbocycles. The lowest BCUT2D eigenvalue weighted by Crippen LogP contribution is -2.18. The number of aromatic nitrogens is 1. The highest BCUT2D eigenvalue weighted by Crippen LogP contribution is 2.30. The molecule has 0 bridgehead atoms. The second-order valence-corrected chi connectivity index (χ2v) is 3.81. The highest BCUT2D eigenvalue weighted by molar-refractivity contribution is 5.35. The van der Waals surface area contributed by atoms with Gasteiger partial charge in [0.15, 0.2) is 0 Å². The van der Waals surface area contributed by atoms with Crippen molar-refractivity contribution in [3.63, 3.8) is 0 Å². The van der Waals surface area contributed by atoms with Crippen molar-refractivity contribution in [2.45, 2.75) is 38.5 Å². The quantitative estimate of drug-likeness (QED) is 0.810. The fourth-order valence-electron chi connectivity index (χ4n) is 2.16. The molecule has 2 rings (SSSR count). The van der Waals surface area contributed by atoms with Gasteiger partial charge in [-0.3, -0.25) is 4.57 Å². The summed E-state index contributed by atoms with van der Waals surface area (Å²) in [5.41, 5.74) is 7.44. The van der Waals surface area contributed by atoms with Gasteiger partial charge in [-0.2, -0.15) is 8.78 Å². The van der Waals surface area contributed by atoms with E-state index in [0.717, 1.165) is 15.7 Å². The predicted molar refractivity (Wildman–Crippen MR) is 50.5 cm³/mol. The van der Waals surface area contributed by atoms with Crippen molar-refractivity contribution in [1.29, 1.82) is 0 Å². The Bertz CT molecular complexity index is 360. The SMILES string of the molecule is NCc1cn(C(F)F)c2c1CC[C@@H](F)C2. The van der Waals surface area contributed by atoms with Crippen LogP contribution in [0.15, 0.2) is 6.20 Å². The molecule has 0 spiro atoms. The molecule has 0 radical (unpaired) electrons. The molecular weight excluding hydrogens is 205 g/mol. The maximum absolute atomic E-state index is 13.1. The third-order valence-corrected chi connectivity index (χ3v) is 2.90. The number of rotatable bonds is 2. The molecule has 1 aromatic rings. The summed E-state index contributed by atoms with van der Waals surface area (Å²) in [6, 6.07) is 0. The second-order valence-electron chi connectivity index (χ2n) is 3.81. The van der Waals surface area contributed by atoms with Crippen molar-refractivity contribution >= 4 is 0 Å². The Balaban J connectivity index is 2.45. The van der Waals surface area contributed by atoms with Crippen LogP contribution in [-0.4, -0.2) is 10.7 Å². The lowest BCUT2D eigenvalue weighted by atomic mass is 9.94. The average molecular weight is 218 g/mol. The molecule has 0 amide bonds. The molecule has 2 N–H and O–H groups in total. The van der Waals surface area contributed by atoms with Crippen molar-refractivity contribution < 1.29 is 13.2 Å². The molecule has 1 aromatic heterocycles. The van der Waals surface area contributed by atoms with E-state index in [-0.39, 0.29) is 13.0 Å². The molecule has 5 heteroatoms. The summed E-state index contributed by atoms with van der Waals surface area (Å²) in [6.07, 6.45) is 1.36. The van der Waals surface area contributed by atoms with Gasteiger partial charge in [0.25, 0.3) is 0 Å². The van der Waals surface area contributed by atoms with E-state index in [1.54, 1.807) is 0 Å². The molecule has 1 aliphatic rings. The van der Waals surface area contributed by atoms with Gasteiger partial charge >= 0.3 is 6.55 Å². The van der Waals surface area contributed by atoms with E-state index in [2.05, 4.69) is 0 Å². The molecule has 2 nitrogen and oxygen atoms in total. The zero-order valence-corrected chi connectivity index (χ0v) is 8.22. The minimum absolute atomic E-state index is 0.0830. The van der Waals surface area contributed by atoms with Crippen molar-refractivity contribution in [2.75, 3.05) is 0 Å². The summed E-state index contributed by atoms with van der Waals surface area (Å²) in [5.74, 6) is 0. The summed E-state index contributed by atoms with van der Waals surface area (Å²) in [6.45, 7) is -2.37. The zero-order valence-electron chi connectivity index (χ0n) is 8.22. The molecule has 1 aliphatic carbocycles. The first kappa shape index (κ1) is 10.5. The summed E-state index contributed by atoms with van der Waals surface area (Å²) in [5, 5.41) is 0. The van der Waals surface area contributed by atoms with Crippen molar-refractivity contribution in [3.8, 4) is 0 Å². The van der Waals surface area contributed by atoms with Crippen LogP contribution in [-0.2, 0) is 19.4 Å². The Morgan fingerprint density at radius 1 is 1.53 bits per heavy atom. The molecule has 0 aliphatic heterocycles. The summed E-state index contributed by atoms with van der Waals surface area (Å²) < 4.78 is 39.2. The first-order valence-electron chi connectivity index (χ1n) is 4.97. The average Bonchev–Trinajstić information content (AvgIpc) is 2.55. The lowest BCUT2D eigenvalue weighted by molar-refractivity contribution is 0.0659. The number of nitrogens with zero attached hydrogens (tertiary/aromatic N) is 1. The Labute approximate surface area is 85.9 Å². The highest BCUT2D eigenvalue weighted by atomic mass is 19.3. The second kappa shape index (κ2) is 3.89. The van der Waals surface area contributed by atoms with Crippen LogP contribution in [0.5, 0.6) is 0 Å². The smallest absolute Gasteiger partial charge is 0.318 e. The van der Waals surface area contributed by atoms with E-state index in [9.17, 15) is 13.2 Å². The van der Waals surface area contributed by atoms with Crippen molar-refractivity contribution in [2.24, 2.45) is 5.73 Å². The maximum atomic E-state index is 13.1. The topological polar surface area (TPSA) is 30.9 Å². The van der Waals surface area contributed by atoms with Crippen molar-refractivity contribution in [3.05, 3.63) is 23.0 Å². The van der Waals surface area contributed by atoms with E-state index < -0.39 is 12.7 Å². The number of fused-ring (bicyclic) bond motifs is 1. The van der Waals surface area contributed by atoms with Gasteiger partial charge in [-0.15, -0.1) is 0 Å². The van der Waals surface area contributed by atoms with Gasteiger partial charge in [-0.1, -0.05) is 0 Å². The van der Waals surface area contributed by atoms with E-state index in [0.29, 0.717) is 18.5 Å². The number of hydrogen-bond acceptors (Lipinski definition) is 1. The fourth-order valence-corrected chi connectivity index (χ4v) is 2.16. The van der Waals surface area contributed by atoms with Gasteiger partial charge in [0.2, 0.25) is 0 Å². The molecular formula is C10H13F3N2. The fraction of sp³-hybridized carbons (Fsp3) is 0.600. The van der Waals surface area contributed by atoms with Crippen LogP contribution >= 0.6 is 0 Å². The van der Waals surface area contributed by atoms with Crippen LogP contribution in [0.2, 0.25) is 0 Å². The molecule has 1 atom stereocenters. The van der Waals surface area contributed by atoms with E-state index >= 15 is 0 Å². The lowest BCUT2D eigenvalue weighted by Gasteiger charge is -2.18. The van der Waals surface area contributed by atoms with Gasteiger partial charge in [0.1, 0.15) is 6.17 Å². The summed E-state index contributed by atoms with van der Waals surface area (Å²) in [7, 11) is 0. The van der Waals surface area contributed by atoms with Crippen LogP contribution in [0.3, 0.4) is 0 Å². The molecule has 0 saturated heterocycles. The Hall–Kier alpha value is -0.970. The van der Waals surface area contributed by atoms with Gasteiger partial charge in [-0.25, -0.2) is 4.39 Å². The minimum Gasteiger partial charge on any atom is -0.326 e. The molecule has 15 heavy (non-hydrogen) atoms. The predicted octanol–water partition coefficient (Wildman–Crippen LogP) is 2.17. The Kier molecular flexibility index (Phi) is 2.73. The van der Waals surface area contributed by atoms with Crippen LogP contribution in [0.25, 0.3) is 0 Å². The molecule has 0 unspecified atom stereocenters. The van der Waals surface area contributed by atoms with Gasteiger partial charge < -0.3 is 5.73 Å². The highest BCUT2D eigenvalue weighted by Gasteiger charge is 2.26. The first-order chi connectivity index (χ1) is 7.13. The number of alkyl halides is 3. The zero-order chi connectivity index (χ0) is 11.0. The minimum atomic E-state index is -2.61. The molecule has 0 saturated carbocycles. The third kappa shape index (κ3) is 1.76. The first-order valence-corrected chi connectivity index (χ1v) is 4.97. The molecule has 0 fully saturated rings. The Morgan fingerprint density at radius 2 is 2.27 bits per heavy atom. The van der Waals surface area contributed by atoms with Crippen LogP contribution < -0.4 is 5.73 Å². The molecule has 84 valence electrons. The summed E-state index contributed by atoms with van der Waals surface area (Å²) >= 11 is 0. The van der Waals surface area contributed by atoms with Crippen molar-refractivity contribution in [1.82, 2.24) is 4.57 Å². The number of nitrogens with two attached hydrogens (primary N) is 1. The normalized spacial score (nSPS) is 20.7. The monoisotopic (exact) mass is 218 g/mol.